The van der Waals surface area contributed by atoms with Gasteiger partial charge in [-0.3, -0.25) is 0 Å². The minimum Gasteiger partial charge on any atom is -0.236 e. The van der Waals surface area contributed by atoms with Gasteiger partial charge in [-0.05, 0) is 27.8 Å². The molecule has 1 aliphatic rings. The second kappa shape index (κ2) is 3.92. The van der Waals surface area contributed by atoms with Crippen molar-refractivity contribution in [1.82, 2.24) is 9.97 Å². The summed E-state index contributed by atoms with van der Waals surface area (Å²) in [6, 6.07) is 0. The Balaban J connectivity index is 2.48. The summed E-state index contributed by atoms with van der Waals surface area (Å²) in [5, 5.41) is 0.530. The monoisotopic (exact) mass is 316 g/mol. The second-order valence-electron chi connectivity index (χ2n) is 6.53. The van der Waals surface area contributed by atoms with Crippen molar-refractivity contribution >= 4 is 27.5 Å². The van der Waals surface area contributed by atoms with E-state index in [0.29, 0.717) is 16.5 Å². The third-order valence-electron chi connectivity index (χ3n) is 3.36. The van der Waals surface area contributed by atoms with Gasteiger partial charge in [-0.1, -0.05) is 46.2 Å². The van der Waals surface area contributed by atoms with Gasteiger partial charge in [-0.2, -0.15) is 0 Å². The number of rotatable bonds is 1. The standard InChI is InChI=1S/C13H18BrClN2/c1-12(2,3)9-8(14)10(15)17-11(16-9)7-6-13(7,4)5/h7H,6H2,1-5H3. The van der Waals surface area contributed by atoms with E-state index in [9.17, 15) is 0 Å². The number of hydrogen-bond donors (Lipinski definition) is 0. The molecular weight excluding hydrogens is 300 g/mol. The predicted molar refractivity (Wildman–Crippen MR) is 74.6 cm³/mol. The molecule has 1 unspecified atom stereocenters. The van der Waals surface area contributed by atoms with Crippen LogP contribution in [0.4, 0.5) is 0 Å². The molecule has 1 atom stereocenters. The Morgan fingerprint density at radius 1 is 1.29 bits per heavy atom. The summed E-state index contributed by atoms with van der Waals surface area (Å²) in [5.41, 5.74) is 1.29. The summed E-state index contributed by atoms with van der Waals surface area (Å²) in [7, 11) is 0. The maximum atomic E-state index is 6.19. The topological polar surface area (TPSA) is 25.8 Å². The zero-order valence-electron chi connectivity index (χ0n) is 10.9. The Morgan fingerprint density at radius 3 is 2.24 bits per heavy atom. The molecule has 1 fully saturated rings. The van der Waals surface area contributed by atoms with Crippen molar-refractivity contribution in [2.75, 3.05) is 0 Å². The van der Waals surface area contributed by atoms with Crippen LogP contribution in [0.5, 0.6) is 0 Å². The van der Waals surface area contributed by atoms with Crippen LogP contribution in [0, 0.1) is 5.41 Å². The van der Waals surface area contributed by atoms with Gasteiger partial charge in [0, 0.05) is 11.3 Å². The van der Waals surface area contributed by atoms with E-state index in [-0.39, 0.29) is 5.41 Å². The van der Waals surface area contributed by atoms with E-state index in [1.54, 1.807) is 0 Å². The van der Waals surface area contributed by atoms with Crippen molar-refractivity contribution in [3.05, 3.63) is 21.1 Å². The molecule has 17 heavy (non-hydrogen) atoms. The van der Waals surface area contributed by atoms with E-state index < -0.39 is 0 Å². The molecule has 0 amide bonds. The number of nitrogens with zero attached hydrogens (tertiary/aromatic N) is 2. The maximum Gasteiger partial charge on any atom is 0.147 e. The lowest BCUT2D eigenvalue weighted by Gasteiger charge is -2.20. The molecular formula is C13H18BrClN2. The van der Waals surface area contributed by atoms with Gasteiger partial charge in [0.05, 0.1) is 10.2 Å². The largest absolute Gasteiger partial charge is 0.236 e. The molecule has 1 saturated carbocycles. The van der Waals surface area contributed by atoms with E-state index in [0.717, 1.165) is 22.4 Å². The van der Waals surface area contributed by atoms with Crippen LogP contribution in [0.1, 0.15) is 58.5 Å². The van der Waals surface area contributed by atoms with Crippen LogP contribution in [-0.2, 0) is 5.41 Å². The van der Waals surface area contributed by atoms with Crippen LogP contribution in [0.3, 0.4) is 0 Å². The zero-order valence-corrected chi connectivity index (χ0v) is 13.3. The normalized spacial score (nSPS) is 22.6. The Labute approximate surface area is 116 Å². The lowest BCUT2D eigenvalue weighted by atomic mass is 9.92. The van der Waals surface area contributed by atoms with E-state index >= 15 is 0 Å². The molecule has 1 aromatic heterocycles. The first kappa shape index (κ1) is 13.3. The molecule has 1 aromatic rings. The van der Waals surface area contributed by atoms with Crippen LogP contribution in [0.25, 0.3) is 0 Å². The lowest BCUT2D eigenvalue weighted by Crippen LogP contribution is -2.17. The molecule has 1 heterocycles. The lowest BCUT2D eigenvalue weighted by molar-refractivity contribution is 0.550. The van der Waals surface area contributed by atoms with Crippen LogP contribution in [0.2, 0.25) is 5.15 Å². The predicted octanol–water partition coefficient (Wildman–Crippen LogP) is 4.70. The van der Waals surface area contributed by atoms with Gasteiger partial charge in [0.1, 0.15) is 11.0 Å². The van der Waals surface area contributed by atoms with E-state index in [1.807, 2.05) is 0 Å². The van der Waals surface area contributed by atoms with E-state index in [2.05, 4.69) is 55.5 Å². The van der Waals surface area contributed by atoms with Gasteiger partial charge in [-0.15, -0.1) is 0 Å². The van der Waals surface area contributed by atoms with Crippen LogP contribution in [-0.4, -0.2) is 9.97 Å². The zero-order chi connectivity index (χ0) is 13.0. The molecule has 0 spiro atoms. The molecule has 0 radical (unpaired) electrons. The fourth-order valence-corrected chi connectivity index (χ4v) is 2.94. The van der Waals surface area contributed by atoms with Crippen LogP contribution in [0.15, 0.2) is 4.47 Å². The van der Waals surface area contributed by atoms with E-state index in [4.69, 9.17) is 16.6 Å². The highest BCUT2D eigenvalue weighted by Crippen LogP contribution is 2.58. The van der Waals surface area contributed by atoms with Crippen molar-refractivity contribution in [3.63, 3.8) is 0 Å². The number of aromatic nitrogens is 2. The minimum atomic E-state index is -0.0286. The van der Waals surface area contributed by atoms with Gasteiger partial charge in [-0.25, -0.2) is 9.97 Å². The Kier molecular flexibility index (Phi) is 3.07. The summed E-state index contributed by atoms with van der Waals surface area (Å²) in [5.74, 6) is 1.35. The van der Waals surface area contributed by atoms with Gasteiger partial charge >= 0.3 is 0 Å². The van der Waals surface area contributed by atoms with Crippen molar-refractivity contribution in [3.8, 4) is 0 Å². The maximum absolute atomic E-state index is 6.19. The van der Waals surface area contributed by atoms with Gasteiger partial charge in [0.25, 0.3) is 0 Å². The van der Waals surface area contributed by atoms with Gasteiger partial charge in [0.2, 0.25) is 0 Å². The van der Waals surface area contributed by atoms with Crippen LogP contribution < -0.4 is 0 Å². The number of hydrogen-bond acceptors (Lipinski definition) is 2. The molecule has 0 bridgehead atoms. The second-order valence-corrected chi connectivity index (χ2v) is 7.68. The van der Waals surface area contributed by atoms with Gasteiger partial charge < -0.3 is 0 Å². The Morgan fingerprint density at radius 2 is 1.82 bits per heavy atom. The van der Waals surface area contributed by atoms with Crippen molar-refractivity contribution in [2.45, 2.75) is 52.4 Å². The van der Waals surface area contributed by atoms with Crippen molar-refractivity contribution < 1.29 is 0 Å². The number of halogens is 2. The highest BCUT2D eigenvalue weighted by Gasteiger charge is 2.49. The molecule has 0 saturated heterocycles. The van der Waals surface area contributed by atoms with Crippen molar-refractivity contribution in [1.29, 1.82) is 0 Å². The average Bonchev–Trinajstić information content (AvgIpc) is 2.78. The molecule has 2 rings (SSSR count). The highest BCUT2D eigenvalue weighted by molar-refractivity contribution is 9.10. The first-order chi connectivity index (χ1) is 7.63. The third kappa shape index (κ3) is 2.50. The highest BCUT2D eigenvalue weighted by atomic mass is 79.9. The molecule has 0 aromatic carbocycles. The fraction of sp³-hybridized carbons (Fsp3) is 0.692. The smallest absolute Gasteiger partial charge is 0.147 e. The average molecular weight is 318 g/mol. The molecule has 1 aliphatic carbocycles. The van der Waals surface area contributed by atoms with Crippen LogP contribution >= 0.6 is 27.5 Å². The first-order valence-electron chi connectivity index (χ1n) is 5.86. The summed E-state index contributed by atoms with van der Waals surface area (Å²) < 4.78 is 0.828. The molecule has 94 valence electrons. The molecule has 2 nitrogen and oxygen atoms in total. The van der Waals surface area contributed by atoms with E-state index in [1.165, 1.54) is 0 Å². The summed E-state index contributed by atoms with van der Waals surface area (Å²) >= 11 is 9.68. The Hall–Kier alpha value is -0.150. The van der Waals surface area contributed by atoms with Crippen molar-refractivity contribution in [2.24, 2.45) is 5.41 Å². The minimum absolute atomic E-state index is 0.0286. The summed E-state index contributed by atoms with van der Waals surface area (Å²) in [4.78, 5) is 9.13. The quantitative estimate of drug-likeness (QED) is 0.701. The first-order valence-corrected chi connectivity index (χ1v) is 7.03. The fourth-order valence-electron chi connectivity index (χ4n) is 2.00. The SMILES string of the molecule is CC(C)(C)c1nc(C2CC2(C)C)nc(Cl)c1Br. The Bertz CT molecular complexity index is 463. The molecule has 4 heteroatoms. The summed E-state index contributed by atoms with van der Waals surface area (Å²) in [6.45, 7) is 10.9. The summed E-state index contributed by atoms with van der Waals surface area (Å²) in [6.07, 6.45) is 1.15. The molecule has 0 aliphatic heterocycles. The van der Waals surface area contributed by atoms with Gasteiger partial charge in [0.15, 0.2) is 0 Å². The molecule has 0 N–H and O–H groups in total. The third-order valence-corrected chi connectivity index (χ3v) is 4.62.